The van der Waals surface area contributed by atoms with Crippen molar-refractivity contribution < 1.29 is 19.7 Å². The van der Waals surface area contributed by atoms with E-state index in [4.69, 9.17) is 9.84 Å². The average molecular weight is 363 g/mol. The summed E-state index contributed by atoms with van der Waals surface area (Å²) in [5, 5.41) is 18.4. The summed E-state index contributed by atoms with van der Waals surface area (Å²) >= 11 is 0. The first-order valence-corrected chi connectivity index (χ1v) is 9.93. The maximum atomic E-state index is 11.1. The molecule has 0 spiro atoms. The quantitative estimate of drug-likeness (QED) is 0.578. The number of rotatable bonds is 11. The van der Waals surface area contributed by atoms with E-state index in [9.17, 15) is 9.90 Å². The fourth-order valence-electron chi connectivity index (χ4n) is 3.53. The number of benzene rings is 1. The molecule has 0 saturated carbocycles. The first kappa shape index (κ1) is 20.7. The molecule has 2 N–H and O–H groups in total. The Hall–Kier alpha value is -1.59. The highest BCUT2D eigenvalue weighted by Crippen LogP contribution is 2.21. The van der Waals surface area contributed by atoms with Crippen LogP contribution in [0.4, 0.5) is 4.79 Å². The van der Waals surface area contributed by atoms with E-state index in [1.807, 2.05) is 0 Å². The number of likely N-dealkylation sites (tertiary alicyclic amines) is 1. The van der Waals surface area contributed by atoms with Crippen LogP contribution in [0.3, 0.4) is 0 Å². The monoisotopic (exact) mass is 363 g/mol. The van der Waals surface area contributed by atoms with Gasteiger partial charge in [-0.2, -0.15) is 0 Å². The maximum absolute atomic E-state index is 11.1. The first-order valence-electron chi connectivity index (χ1n) is 9.93. The topological polar surface area (TPSA) is 70.0 Å². The standard InChI is InChI=1S/C21H33NO4/c1-2-3-4-5-6-7-8-17-9-11-18(12-10-17)16-26-20-13-19(15-23)22(14-20)21(24)25/h9-12,19-20,23H,2-8,13-16H2,1H3,(H,24,25)/t19-,20+/m1/s1. The van der Waals surface area contributed by atoms with E-state index in [1.165, 1.54) is 49.0 Å². The Labute approximate surface area is 157 Å². The molecular formula is C21H33NO4. The summed E-state index contributed by atoms with van der Waals surface area (Å²) in [7, 11) is 0. The van der Waals surface area contributed by atoms with Crippen molar-refractivity contribution >= 4 is 6.09 Å². The molecule has 1 saturated heterocycles. The SMILES string of the molecule is CCCCCCCCc1ccc(CO[C@H]2C[C@H](CO)N(C(=O)O)C2)cc1. The van der Waals surface area contributed by atoms with Crippen LogP contribution in [0, 0.1) is 0 Å². The van der Waals surface area contributed by atoms with Gasteiger partial charge in [0.2, 0.25) is 0 Å². The Kier molecular flexibility index (Phi) is 8.92. The van der Waals surface area contributed by atoms with Crippen LogP contribution in [0.1, 0.15) is 63.0 Å². The van der Waals surface area contributed by atoms with Gasteiger partial charge in [0.25, 0.3) is 0 Å². The fourth-order valence-corrected chi connectivity index (χ4v) is 3.53. The number of amides is 1. The van der Waals surface area contributed by atoms with Crippen molar-refractivity contribution in [2.24, 2.45) is 0 Å². The molecule has 1 aromatic carbocycles. The molecule has 1 aromatic rings. The molecule has 0 radical (unpaired) electrons. The Morgan fingerprint density at radius 1 is 1.12 bits per heavy atom. The summed E-state index contributed by atoms with van der Waals surface area (Å²) in [5.74, 6) is 0. The van der Waals surface area contributed by atoms with Crippen molar-refractivity contribution in [3.8, 4) is 0 Å². The van der Waals surface area contributed by atoms with Gasteiger partial charge in [0.05, 0.1) is 31.9 Å². The van der Waals surface area contributed by atoms with Gasteiger partial charge in [-0.25, -0.2) is 4.79 Å². The average Bonchev–Trinajstić information content (AvgIpc) is 3.07. The van der Waals surface area contributed by atoms with Crippen LogP contribution in [0.25, 0.3) is 0 Å². The minimum atomic E-state index is -0.991. The first-order chi connectivity index (χ1) is 12.6. The zero-order chi connectivity index (χ0) is 18.8. The number of carboxylic acid groups (broad SMARTS) is 1. The predicted octanol–water partition coefficient (Wildman–Crippen LogP) is 4.22. The number of aryl methyl sites for hydroxylation is 1. The zero-order valence-corrected chi connectivity index (χ0v) is 15.9. The molecule has 0 aliphatic carbocycles. The molecular weight excluding hydrogens is 330 g/mol. The van der Waals surface area contributed by atoms with Crippen molar-refractivity contribution in [3.05, 3.63) is 35.4 Å². The second kappa shape index (κ2) is 11.2. The van der Waals surface area contributed by atoms with Crippen LogP contribution >= 0.6 is 0 Å². The molecule has 1 fully saturated rings. The van der Waals surface area contributed by atoms with Gasteiger partial charge in [0.15, 0.2) is 0 Å². The third-order valence-corrected chi connectivity index (χ3v) is 5.16. The molecule has 2 atom stereocenters. The summed E-state index contributed by atoms with van der Waals surface area (Å²) in [6, 6.07) is 8.18. The Balaban J connectivity index is 1.68. The number of unbranched alkanes of at least 4 members (excludes halogenated alkanes) is 5. The lowest BCUT2D eigenvalue weighted by atomic mass is 10.0. The van der Waals surface area contributed by atoms with E-state index >= 15 is 0 Å². The molecule has 1 amide bonds. The lowest BCUT2D eigenvalue weighted by Crippen LogP contribution is -2.36. The lowest BCUT2D eigenvalue weighted by molar-refractivity contribution is 0.0464. The maximum Gasteiger partial charge on any atom is 0.407 e. The summed E-state index contributed by atoms with van der Waals surface area (Å²) in [6.45, 7) is 2.90. The number of ether oxygens (including phenoxy) is 1. The molecule has 0 unspecified atom stereocenters. The summed E-state index contributed by atoms with van der Waals surface area (Å²) in [4.78, 5) is 12.4. The van der Waals surface area contributed by atoms with E-state index in [2.05, 4.69) is 31.2 Å². The molecule has 0 aromatic heterocycles. The summed E-state index contributed by atoms with van der Waals surface area (Å²) in [5.41, 5.74) is 2.47. The Morgan fingerprint density at radius 3 is 2.38 bits per heavy atom. The third-order valence-electron chi connectivity index (χ3n) is 5.16. The van der Waals surface area contributed by atoms with Crippen LogP contribution in [-0.2, 0) is 17.8 Å². The van der Waals surface area contributed by atoms with Gasteiger partial charge in [-0.05, 0) is 30.4 Å². The molecule has 0 bridgehead atoms. The molecule has 5 heteroatoms. The second-order valence-electron chi connectivity index (χ2n) is 7.27. The molecule has 1 aliphatic heterocycles. The van der Waals surface area contributed by atoms with E-state index in [0.29, 0.717) is 19.6 Å². The van der Waals surface area contributed by atoms with Gasteiger partial charge < -0.3 is 19.8 Å². The van der Waals surface area contributed by atoms with Gasteiger partial charge in [-0.1, -0.05) is 63.3 Å². The lowest BCUT2D eigenvalue weighted by Gasteiger charge is -2.18. The van der Waals surface area contributed by atoms with Crippen molar-refractivity contribution in [2.75, 3.05) is 13.2 Å². The van der Waals surface area contributed by atoms with Crippen LogP contribution < -0.4 is 0 Å². The zero-order valence-electron chi connectivity index (χ0n) is 15.9. The van der Waals surface area contributed by atoms with Crippen LogP contribution in [0.2, 0.25) is 0 Å². The van der Waals surface area contributed by atoms with Crippen molar-refractivity contribution in [2.45, 2.75) is 77.0 Å². The van der Waals surface area contributed by atoms with Gasteiger partial charge in [-0.15, -0.1) is 0 Å². The largest absolute Gasteiger partial charge is 0.465 e. The molecule has 2 rings (SSSR count). The van der Waals surface area contributed by atoms with Gasteiger partial charge in [0.1, 0.15) is 0 Å². The smallest absolute Gasteiger partial charge is 0.407 e. The van der Waals surface area contributed by atoms with Gasteiger partial charge in [-0.3, -0.25) is 0 Å². The predicted molar refractivity (Wildman–Crippen MR) is 102 cm³/mol. The van der Waals surface area contributed by atoms with E-state index in [1.54, 1.807) is 0 Å². The highest BCUT2D eigenvalue weighted by Gasteiger charge is 2.35. The third kappa shape index (κ3) is 6.61. The summed E-state index contributed by atoms with van der Waals surface area (Å²) in [6.07, 6.45) is 8.42. The second-order valence-corrected chi connectivity index (χ2v) is 7.27. The van der Waals surface area contributed by atoms with Crippen LogP contribution in [-0.4, -0.2) is 46.5 Å². The fraction of sp³-hybridized carbons (Fsp3) is 0.667. The van der Waals surface area contributed by atoms with E-state index < -0.39 is 6.09 Å². The molecule has 1 aliphatic rings. The normalized spacial score (nSPS) is 19.8. The van der Waals surface area contributed by atoms with E-state index in [-0.39, 0.29) is 18.8 Å². The molecule has 5 nitrogen and oxygen atoms in total. The van der Waals surface area contributed by atoms with Crippen molar-refractivity contribution in [3.63, 3.8) is 0 Å². The van der Waals surface area contributed by atoms with E-state index in [0.717, 1.165) is 12.0 Å². The van der Waals surface area contributed by atoms with Crippen LogP contribution in [0.15, 0.2) is 24.3 Å². The number of aliphatic hydroxyl groups is 1. The number of aliphatic hydroxyl groups excluding tert-OH is 1. The van der Waals surface area contributed by atoms with Crippen molar-refractivity contribution in [1.29, 1.82) is 0 Å². The number of hydrogen-bond acceptors (Lipinski definition) is 3. The van der Waals surface area contributed by atoms with Gasteiger partial charge >= 0.3 is 6.09 Å². The highest BCUT2D eigenvalue weighted by molar-refractivity contribution is 5.66. The molecule has 146 valence electrons. The minimum absolute atomic E-state index is 0.147. The highest BCUT2D eigenvalue weighted by atomic mass is 16.5. The number of hydrogen-bond donors (Lipinski definition) is 2. The molecule has 26 heavy (non-hydrogen) atoms. The Bertz CT molecular complexity index is 531. The molecule has 1 heterocycles. The Morgan fingerprint density at radius 2 is 1.77 bits per heavy atom. The van der Waals surface area contributed by atoms with Crippen LogP contribution in [0.5, 0.6) is 0 Å². The number of carbonyl (C=O) groups is 1. The number of nitrogens with zero attached hydrogens (tertiary/aromatic N) is 1. The van der Waals surface area contributed by atoms with Crippen molar-refractivity contribution in [1.82, 2.24) is 4.90 Å². The summed E-state index contributed by atoms with van der Waals surface area (Å²) < 4.78 is 5.86. The van der Waals surface area contributed by atoms with Gasteiger partial charge in [0, 0.05) is 0 Å². The minimum Gasteiger partial charge on any atom is -0.465 e.